The topological polar surface area (TPSA) is 111 Å². The third kappa shape index (κ3) is 4.54. The number of carbonyl (C=O) groups excluding carboxylic acids is 2. The fraction of sp³-hybridized carbons (Fsp3) is 0.176. The van der Waals surface area contributed by atoms with Crippen LogP contribution in [-0.2, 0) is 9.53 Å². The molecule has 0 unspecified atom stereocenters. The van der Waals surface area contributed by atoms with Crippen LogP contribution in [0.2, 0.25) is 0 Å². The van der Waals surface area contributed by atoms with Crippen molar-refractivity contribution in [3.63, 3.8) is 0 Å². The van der Waals surface area contributed by atoms with E-state index in [1.807, 2.05) is 5.32 Å². The van der Waals surface area contributed by atoms with Gasteiger partial charge in [-0.05, 0) is 25.1 Å². The zero-order chi connectivity index (χ0) is 20.1. The average Bonchev–Trinajstić information content (AvgIpc) is 2.63. The number of esters is 1. The van der Waals surface area contributed by atoms with Crippen LogP contribution in [0, 0.1) is 21.7 Å². The molecule has 0 saturated heterocycles. The normalized spacial score (nSPS) is 11.4. The lowest BCUT2D eigenvalue weighted by molar-refractivity contribution is -0.384. The molecule has 0 bridgehead atoms. The van der Waals surface area contributed by atoms with Gasteiger partial charge in [-0.15, -0.1) is 0 Å². The van der Waals surface area contributed by atoms with Crippen LogP contribution in [0.4, 0.5) is 25.8 Å². The molecule has 0 spiro atoms. The number of amides is 1. The molecule has 27 heavy (non-hydrogen) atoms. The van der Waals surface area contributed by atoms with Crippen LogP contribution in [0.3, 0.4) is 0 Å². The maximum absolute atomic E-state index is 13.6. The number of halogens is 2. The number of hydrogen-bond donors (Lipinski definition) is 2. The first-order valence-corrected chi connectivity index (χ1v) is 7.66. The Morgan fingerprint density at radius 2 is 1.81 bits per heavy atom. The number of benzene rings is 2. The molecule has 8 nitrogen and oxygen atoms in total. The van der Waals surface area contributed by atoms with Crippen LogP contribution in [0.1, 0.15) is 17.3 Å². The molecule has 2 N–H and O–H groups in total. The van der Waals surface area contributed by atoms with Crippen LogP contribution in [0.15, 0.2) is 36.4 Å². The van der Waals surface area contributed by atoms with E-state index in [1.54, 1.807) is 0 Å². The molecule has 0 aromatic heterocycles. The number of para-hydroxylation sites is 1. The Bertz CT molecular complexity index is 884. The summed E-state index contributed by atoms with van der Waals surface area (Å²) in [4.78, 5) is 34.5. The van der Waals surface area contributed by atoms with Crippen molar-refractivity contribution in [2.75, 3.05) is 17.7 Å². The molecule has 0 saturated carbocycles. The molecule has 2 rings (SSSR count). The van der Waals surface area contributed by atoms with Crippen molar-refractivity contribution in [2.45, 2.75) is 13.0 Å². The minimum absolute atomic E-state index is 0.163. The molecular weight excluding hydrogens is 364 g/mol. The summed E-state index contributed by atoms with van der Waals surface area (Å²) in [6, 6.07) is 6.55. The van der Waals surface area contributed by atoms with Gasteiger partial charge in [0.2, 0.25) is 0 Å². The van der Waals surface area contributed by atoms with Gasteiger partial charge in [-0.3, -0.25) is 14.9 Å². The van der Waals surface area contributed by atoms with E-state index in [-0.39, 0.29) is 16.9 Å². The van der Waals surface area contributed by atoms with Crippen LogP contribution >= 0.6 is 0 Å². The number of non-ortho nitro benzene ring substituents is 1. The van der Waals surface area contributed by atoms with Crippen LogP contribution in [-0.4, -0.2) is 30.0 Å². The number of nitro benzene ring substituents is 1. The van der Waals surface area contributed by atoms with E-state index < -0.39 is 40.2 Å². The van der Waals surface area contributed by atoms with E-state index in [4.69, 9.17) is 4.74 Å². The van der Waals surface area contributed by atoms with Gasteiger partial charge < -0.3 is 15.4 Å². The van der Waals surface area contributed by atoms with Crippen molar-refractivity contribution in [3.8, 4) is 0 Å². The van der Waals surface area contributed by atoms with Gasteiger partial charge in [-0.25, -0.2) is 13.6 Å². The first kappa shape index (κ1) is 19.8. The van der Waals surface area contributed by atoms with Gasteiger partial charge in [-0.1, -0.05) is 6.07 Å². The number of nitro groups is 1. The van der Waals surface area contributed by atoms with Crippen LogP contribution < -0.4 is 10.6 Å². The highest BCUT2D eigenvalue weighted by atomic mass is 19.1. The standard InChI is InChI=1S/C17H15F2N3O5/c1-9(16(23)21-15-12(18)4-3-5-13(15)19)27-17(24)11-8-10(22(25)26)6-7-14(11)20-2/h3-9,20H,1-2H3,(H,21,23)/t9-/m0/s1. The highest BCUT2D eigenvalue weighted by Gasteiger charge is 2.24. The predicted octanol–water partition coefficient (Wildman–Crippen LogP) is 3.10. The number of hydrogen-bond acceptors (Lipinski definition) is 6. The first-order chi connectivity index (χ1) is 12.7. The monoisotopic (exact) mass is 379 g/mol. The molecule has 0 fully saturated rings. The van der Waals surface area contributed by atoms with Gasteiger partial charge in [0.05, 0.1) is 10.5 Å². The number of ether oxygens (including phenoxy) is 1. The van der Waals surface area contributed by atoms with E-state index in [9.17, 15) is 28.5 Å². The van der Waals surface area contributed by atoms with Gasteiger partial charge >= 0.3 is 5.97 Å². The summed E-state index contributed by atoms with van der Waals surface area (Å²) in [5, 5.41) is 15.6. The second-order valence-electron chi connectivity index (χ2n) is 5.37. The zero-order valence-electron chi connectivity index (χ0n) is 14.3. The van der Waals surface area contributed by atoms with Gasteiger partial charge in [0.1, 0.15) is 17.3 Å². The van der Waals surface area contributed by atoms with Crippen molar-refractivity contribution < 1.29 is 28.0 Å². The van der Waals surface area contributed by atoms with Gasteiger partial charge in [0.25, 0.3) is 11.6 Å². The van der Waals surface area contributed by atoms with E-state index in [2.05, 4.69) is 5.32 Å². The fourth-order valence-electron chi connectivity index (χ4n) is 2.15. The quantitative estimate of drug-likeness (QED) is 0.453. The highest BCUT2D eigenvalue weighted by molar-refractivity contribution is 6.00. The Labute approximate surface area is 152 Å². The maximum Gasteiger partial charge on any atom is 0.341 e. The Kier molecular flexibility index (Phi) is 6.01. The summed E-state index contributed by atoms with van der Waals surface area (Å²) in [6.07, 6.45) is -1.42. The lowest BCUT2D eigenvalue weighted by Gasteiger charge is -2.15. The fourth-order valence-corrected chi connectivity index (χ4v) is 2.15. The smallest absolute Gasteiger partial charge is 0.341 e. The summed E-state index contributed by atoms with van der Waals surface area (Å²) in [6.45, 7) is 1.20. The molecule has 1 amide bonds. The van der Waals surface area contributed by atoms with Crippen molar-refractivity contribution in [2.24, 2.45) is 0 Å². The Balaban J connectivity index is 2.16. The van der Waals surface area contributed by atoms with Crippen molar-refractivity contribution in [1.82, 2.24) is 0 Å². The molecule has 2 aromatic rings. The largest absolute Gasteiger partial charge is 0.449 e. The molecule has 142 valence electrons. The molecule has 0 aliphatic carbocycles. The summed E-state index contributed by atoms with van der Waals surface area (Å²) in [5.41, 5.74) is -0.926. The molecular formula is C17H15F2N3O5. The van der Waals surface area contributed by atoms with Crippen molar-refractivity contribution in [1.29, 1.82) is 0 Å². The summed E-state index contributed by atoms with van der Waals surface area (Å²) >= 11 is 0. The summed E-state index contributed by atoms with van der Waals surface area (Å²) in [7, 11) is 1.50. The van der Waals surface area contributed by atoms with Gasteiger partial charge in [-0.2, -0.15) is 0 Å². The molecule has 0 aliphatic heterocycles. The first-order valence-electron chi connectivity index (χ1n) is 7.66. The summed E-state index contributed by atoms with van der Waals surface area (Å²) < 4.78 is 32.1. The molecule has 10 heteroatoms. The maximum atomic E-state index is 13.6. The third-order valence-corrected chi connectivity index (χ3v) is 3.57. The summed E-state index contributed by atoms with van der Waals surface area (Å²) in [5.74, 6) is -3.96. The zero-order valence-corrected chi connectivity index (χ0v) is 14.3. The third-order valence-electron chi connectivity index (χ3n) is 3.57. The molecule has 0 radical (unpaired) electrons. The van der Waals surface area contributed by atoms with E-state index in [0.29, 0.717) is 0 Å². The number of anilines is 2. The van der Waals surface area contributed by atoms with Crippen LogP contribution in [0.25, 0.3) is 0 Å². The second kappa shape index (κ2) is 8.21. The van der Waals surface area contributed by atoms with Crippen molar-refractivity contribution >= 4 is 28.9 Å². The van der Waals surface area contributed by atoms with Gasteiger partial charge in [0, 0.05) is 24.9 Å². The lowest BCUT2D eigenvalue weighted by atomic mass is 10.1. The second-order valence-corrected chi connectivity index (χ2v) is 5.37. The van der Waals surface area contributed by atoms with Gasteiger partial charge in [0.15, 0.2) is 6.10 Å². The Hall–Kier alpha value is -3.56. The lowest BCUT2D eigenvalue weighted by Crippen LogP contribution is -2.30. The number of nitrogens with zero attached hydrogens (tertiary/aromatic N) is 1. The average molecular weight is 379 g/mol. The molecule has 0 aliphatic rings. The van der Waals surface area contributed by atoms with E-state index in [1.165, 1.54) is 26.1 Å². The molecule has 1 atom stereocenters. The predicted molar refractivity (Wildman–Crippen MR) is 92.5 cm³/mol. The number of carbonyl (C=O) groups is 2. The minimum Gasteiger partial charge on any atom is -0.449 e. The van der Waals surface area contributed by atoms with Crippen LogP contribution in [0.5, 0.6) is 0 Å². The van der Waals surface area contributed by atoms with E-state index in [0.717, 1.165) is 24.3 Å². The number of nitrogens with one attached hydrogen (secondary N) is 2. The molecule has 2 aromatic carbocycles. The Morgan fingerprint density at radius 1 is 1.19 bits per heavy atom. The Morgan fingerprint density at radius 3 is 2.37 bits per heavy atom. The van der Waals surface area contributed by atoms with Crippen molar-refractivity contribution in [3.05, 3.63) is 63.7 Å². The minimum atomic E-state index is -1.42. The number of rotatable bonds is 6. The SMILES string of the molecule is CNc1ccc([N+](=O)[O-])cc1C(=O)O[C@@H](C)C(=O)Nc1c(F)cccc1F. The van der Waals surface area contributed by atoms with E-state index >= 15 is 0 Å². The molecule has 0 heterocycles. The highest BCUT2D eigenvalue weighted by Crippen LogP contribution is 2.23.